The normalized spacial score (nSPS) is 10.1. The largest absolute Gasteiger partial charge is 0.504 e. The van der Waals surface area contributed by atoms with E-state index >= 15 is 0 Å². The van der Waals surface area contributed by atoms with Gasteiger partial charge in [0, 0.05) is 24.8 Å². The van der Waals surface area contributed by atoms with Crippen LogP contribution in [0.2, 0.25) is 0 Å². The van der Waals surface area contributed by atoms with E-state index in [0.29, 0.717) is 17.2 Å². The number of phenols is 1. The molecule has 0 saturated heterocycles. The lowest BCUT2D eigenvalue weighted by atomic mass is 10.3. The minimum atomic E-state index is -0.00151. The summed E-state index contributed by atoms with van der Waals surface area (Å²) in [6.45, 7) is 0. The molecule has 0 amide bonds. The Balaban J connectivity index is 1.92. The van der Waals surface area contributed by atoms with Gasteiger partial charge in [0.2, 0.25) is 5.75 Å². The van der Waals surface area contributed by atoms with E-state index in [0.717, 1.165) is 0 Å². The Hall–Kier alpha value is -3.08. The second kappa shape index (κ2) is 5.92. The topological polar surface area (TPSA) is 64.5 Å². The van der Waals surface area contributed by atoms with E-state index in [1.54, 1.807) is 61.2 Å². The van der Waals surface area contributed by atoms with Gasteiger partial charge in [0.1, 0.15) is 11.5 Å². The molecule has 104 valence electrons. The highest BCUT2D eigenvalue weighted by Gasteiger charge is 2.12. The van der Waals surface area contributed by atoms with Crippen molar-refractivity contribution < 1.29 is 14.6 Å². The Kier molecular flexibility index (Phi) is 3.64. The van der Waals surface area contributed by atoms with Crippen molar-refractivity contribution in [2.24, 2.45) is 0 Å². The molecule has 1 aromatic carbocycles. The van der Waals surface area contributed by atoms with Crippen LogP contribution in [0.5, 0.6) is 28.7 Å². The molecule has 0 aliphatic carbocycles. The van der Waals surface area contributed by atoms with Gasteiger partial charge >= 0.3 is 0 Å². The van der Waals surface area contributed by atoms with Gasteiger partial charge in [-0.1, -0.05) is 6.07 Å². The molecule has 5 nitrogen and oxygen atoms in total. The zero-order valence-corrected chi connectivity index (χ0v) is 11.0. The maximum atomic E-state index is 10.00. The van der Waals surface area contributed by atoms with E-state index < -0.39 is 0 Å². The molecule has 0 fully saturated rings. The quantitative estimate of drug-likeness (QED) is 0.788. The molecule has 0 spiro atoms. The van der Waals surface area contributed by atoms with Crippen molar-refractivity contribution in [2.75, 3.05) is 0 Å². The molecule has 0 saturated carbocycles. The lowest BCUT2D eigenvalue weighted by molar-refractivity contribution is 0.381. The molecule has 0 unspecified atom stereocenters. The van der Waals surface area contributed by atoms with Gasteiger partial charge in [-0.3, -0.25) is 9.97 Å². The number of para-hydroxylation sites is 1. The summed E-state index contributed by atoms with van der Waals surface area (Å²) in [5.74, 6) is 1.83. The van der Waals surface area contributed by atoms with Gasteiger partial charge in [-0.05, 0) is 36.4 Å². The second-order valence-corrected chi connectivity index (χ2v) is 4.17. The Morgan fingerprint density at radius 1 is 0.714 bits per heavy atom. The Bertz CT molecular complexity index is 718. The SMILES string of the molecule is Oc1cccc(Oc2ccncc2)c1Oc1ccncc1. The number of hydrogen-bond acceptors (Lipinski definition) is 5. The van der Waals surface area contributed by atoms with Crippen LogP contribution in [0.1, 0.15) is 0 Å². The maximum Gasteiger partial charge on any atom is 0.211 e. The van der Waals surface area contributed by atoms with Crippen molar-refractivity contribution in [3.63, 3.8) is 0 Å². The minimum Gasteiger partial charge on any atom is -0.504 e. The third-order valence-electron chi connectivity index (χ3n) is 2.71. The number of benzene rings is 1. The van der Waals surface area contributed by atoms with Gasteiger partial charge in [-0.15, -0.1) is 0 Å². The van der Waals surface area contributed by atoms with E-state index in [2.05, 4.69) is 9.97 Å². The highest BCUT2D eigenvalue weighted by molar-refractivity contribution is 5.53. The van der Waals surface area contributed by atoms with Gasteiger partial charge in [-0.2, -0.15) is 0 Å². The smallest absolute Gasteiger partial charge is 0.211 e. The van der Waals surface area contributed by atoms with Crippen molar-refractivity contribution >= 4 is 0 Å². The van der Waals surface area contributed by atoms with Crippen LogP contribution in [-0.4, -0.2) is 15.1 Å². The van der Waals surface area contributed by atoms with Gasteiger partial charge in [0.15, 0.2) is 11.5 Å². The van der Waals surface area contributed by atoms with Crippen LogP contribution >= 0.6 is 0 Å². The van der Waals surface area contributed by atoms with E-state index in [9.17, 15) is 5.11 Å². The Morgan fingerprint density at radius 3 is 1.90 bits per heavy atom. The molecular weight excluding hydrogens is 268 g/mol. The summed E-state index contributed by atoms with van der Waals surface area (Å²) in [6.07, 6.45) is 6.47. The van der Waals surface area contributed by atoms with Gasteiger partial charge in [0.05, 0.1) is 0 Å². The highest BCUT2D eigenvalue weighted by Crippen LogP contribution is 2.41. The minimum absolute atomic E-state index is 0.00151. The summed E-state index contributed by atoms with van der Waals surface area (Å²) < 4.78 is 11.4. The monoisotopic (exact) mass is 280 g/mol. The molecule has 5 heteroatoms. The van der Waals surface area contributed by atoms with Crippen LogP contribution in [0.25, 0.3) is 0 Å². The summed E-state index contributed by atoms with van der Waals surface area (Å²) in [5, 5.41) is 10.00. The summed E-state index contributed by atoms with van der Waals surface area (Å²) >= 11 is 0. The molecule has 0 aliphatic heterocycles. The fraction of sp³-hybridized carbons (Fsp3) is 0. The Labute approximate surface area is 121 Å². The molecule has 1 N–H and O–H groups in total. The summed E-state index contributed by atoms with van der Waals surface area (Å²) in [7, 11) is 0. The van der Waals surface area contributed by atoms with E-state index in [4.69, 9.17) is 9.47 Å². The Morgan fingerprint density at radius 2 is 1.29 bits per heavy atom. The molecule has 0 bridgehead atoms. The van der Waals surface area contributed by atoms with E-state index in [1.165, 1.54) is 6.07 Å². The zero-order chi connectivity index (χ0) is 14.5. The van der Waals surface area contributed by atoms with Crippen LogP contribution in [0.4, 0.5) is 0 Å². The summed E-state index contributed by atoms with van der Waals surface area (Å²) in [5.41, 5.74) is 0. The van der Waals surface area contributed by atoms with Crippen LogP contribution < -0.4 is 9.47 Å². The highest BCUT2D eigenvalue weighted by atomic mass is 16.5. The molecule has 2 aromatic heterocycles. The van der Waals surface area contributed by atoms with Crippen molar-refractivity contribution in [3.8, 4) is 28.7 Å². The van der Waals surface area contributed by atoms with Crippen molar-refractivity contribution in [2.45, 2.75) is 0 Å². The number of ether oxygens (including phenoxy) is 2. The van der Waals surface area contributed by atoms with Gasteiger partial charge in [-0.25, -0.2) is 0 Å². The zero-order valence-electron chi connectivity index (χ0n) is 11.0. The third kappa shape index (κ3) is 3.09. The molecule has 2 heterocycles. The fourth-order valence-corrected chi connectivity index (χ4v) is 1.74. The molecule has 3 rings (SSSR count). The number of pyridine rings is 2. The number of aromatic hydroxyl groups is 1. The molecule has 0 aliphatic rings. The molecule has 0 radical (unpaired) electrons. The summed E-state index contributed by atoms with van der Waals surface area (Å²) in [4.78, 5) is 7.85. The second-order valence-electron chi connectivity index (χ2n) is 4.17. The van der Waals surface area contributed by atoms with Crippen LogP contribution in [0, 0.1) is 0 Å². The van der Waals surface area contributed by atoms with Crippen molar-refractivity contribution in [3.05, 3.63) is 67.3 Å². The first-order chi connectivity index (χ1) is 10.3. The van der Waals surface area contributed by atoms with Crippen LogP contribution in [0.15, 0.2) is 67.3 Å². The van der Waals surface area contributed by atoms with Crippen molar-refractivity contribution in [1.82, 2.24) is 9.97 Å². The van der Waals surface area contributed by atoms with Gasteiger partial charge in [0.25, 0.3) is 0 Å². The predicted molar refractivity (Wildman–Crippen MR) is 76.7 cm³/mol. The first-order valence-electron chi connectivity index (χ1n) is 6.30. The molecule has 21 heavy (non-hydrogen) atoms. The van der Waals surface area contributed by atoms with E-state index in [-0.39, 0.29) is 11.5 Å². The molecule has 0 atom stereocenters. The fourth-order valence-electron chi connectivity index (χ4n) is 1.74. The average Bonchev–Trinajstić information content (AvgIpc) is 2.53. The maximum absolute atomic E-state index is 10.00. The third-order valence-corrected chi connectivity index (χ3v) is 2.71. The molecular formula is C16H12N2O3. The predicted octanol–water partition coefficient (Wildman–Crippen LogP) is 3.77. The number of hydrogen-bond donors (Lipinski definition) is 1. The number of rotatable bonds is 4. The van der Waals surface area contributed by atoms with Crippen molar-refractivity contribution in [1.29, 1.82) is 0 Å². The van der Waals surface area contributed by atoms with Gasteiger partial charge < -0.3 is 14.6 Å². The average molecular weight is 280 g/mol. The number of phenolic OH excluding ortho intramolecular Hbond substituents is 1. The number of aromatic nitrogens is 2. The first-order valence-corrected chi connectivity index (χ1v) is 6.30. The van der Waals surface area contributed by atoms with E-state index in [1.807, 2.05) is 0 Å². The first kappa shape index (κ1) is 12.9. The van der Waals surface area contributed by atoms with Crippen LogP contribution in [0.3, 0.4) is 0 Å². The number of nitrogens with zero attached hydrogens (tertiary/aromatic N) is 2. The summed E-state index contributed by atoms with van der Waals surface area (Å²) in [6, 6.07) is 11.8. The standard InChI is InChI=1S/C16H12N2O3/c19-14-2-1-3-15(20-12-4-8-17-9-5-12)16(14)21-13-6-10-18-11-7-13/h1-11,19H. The lowest BCUT2D eigenvalue weighted by Crippen LogP contribution is -1.91. The van der Waals surface area contributed by atoms with Crippen LogP contribution in [-0.2, 0) is 0 Å². The lowest BCUT2D eigenvalue weighted by Gasteiger charge is -2.13. The molecule has 3 aromatic rings.